The van der Waals surface area contributed by atoms with Crippen molar-refractivity contribution < 1.29 is 18.8 Å². The molecule has 0 saturated carbocycles. The summed E-state index contributed by atoms with van der Waals surface area (Å²) in [5, 5.41) is 23.6. The molecule has 11 heteroatoms. The number of carbonyl (C=O) groups excluding carboxylic acids is 3. The maximum absolute atomic E-state index is 14.6. The minimum Gasteiger partial charge on any atom is -0.309 e. The normalized spacial score (nSPS) is 12.0. The van der Waals surface area contributed by atoms with Crippen LogP contribution in [-0.2, 0) is 40.1 Å². The number of carbonyl (C=O) groups is 3. The van der Waals surface area contributed by atoms with Crippen LogP contribution in [0.25, 0.3) is 0 Å². The van der Waals surface area contributed by atoms with Gasteiger partial charge in [0, 0.05) is 19.3 Å². The summed E-state index contributed by atoms with van der Waals surface area (Å²) in [5.74, 6) is -0.640. The second kappa shape index (κ2) is 16.3. The third-order valence-corrected chi connectivity index (χ3v) is 8.10. The quantitative estimate of drug-likeness (QED) is 0.135. The summed E-state index contributed by atoms with van der Waals surface area (Å²) in [4.78, 5) is 37.4. The van der Waals surface area contributed by atoms with Crippen LogP contribution in [0.15, 0.2) is 60.7 Å². The zero-order valence-electron chi connectivity index (χ0n) is 26.8. The standard InChI is InChI=1S/C35H41FN6O3S/c1-23(18-27(43)22-35(2,3)4)28-19-25(14-16-29(28)36)21-31(44)37-30-17-15-26(39-40-30)12-8-9-13-33-41-42-34(46-33)38-32(45)20-24-10-6-5-7-11-24/h5-7,10-11,14-17,19,23H,8-9,12-13,18,20-22H2,1-4H3,(H,37,40,44)(H,38,42,45). The van der Waals surface area contributed by atoms with Crippen molar-refractivity contribution in [2.75, 3.05) is 10.6 Å². The minimum absolute atomic E-state index is 0.0450. The second-order valence-corrected chi connectivity index (χ2v) is 13.9. The Hall–Kier alpha value is -4.38. The number of halogens is 1. The number of unbranched alkanes of at least 4 members (excludes halogenated alkanes) is 1. The molecule has 2 N–H and O–H groups in total. The highest BCUT2D eigenvalue weighted by molar-refractivity contribution is 7.15. The SMILES string of the molecule is CC(CC(=O)CC(C)(C)C)c1cc(CC(=O)Nc2ccc(CCCCc3nnc(NC(=O)Cc4ccccc4)s3)nn2)ccc1F. The van der Waals surface area contributed by atoms with Gasteiger partial charge in [0.15, 0.2) is 5.82 Å². The molecule has 0 fully saturated rings. The van der Waals surface area contributed by atoms with Gasteiger partial charge < -0.3 is 10.6 Å². The van der Waals surface area contributed by atoms with E-state index < -0.39 is 0 Å². The first-order chi connectivity index (χ1) is 21.9. The van der Waals surface area contributed by atoms with E-state index in [9.17, 15) is 18.8 Å². The lowest BCUT2D eigenvalue weighted by Crippen LogP contribution is -2.17. The van der Waals surface area contributed by atoms with Gasteiger partial charge in [-0.05, 0) is 65.5 Å². The van der Waals surface area contributed by atoms with Crippen molar-refractivity contribution in [1.29, 1.82) is 0 Å². The van der Waals surface area contributed by atoms with Crippen LogP contribution in [0, 0.1) is 11.2 Å². The zero-order valence-corrected chi connectivity index (χ0v) is 27.6. The van der Waals surface area contributed by atoms with Crippen molar-refractivity contribution in [2.24, 2.45) is 5.41 Å². The smallest absolute Gasteiger partial charge is 0.230 e. The Balaban J connectivity index is 1.18. The van der Waals surface area contributed by atoms with Crippen molar-refractivity contribution in [2.45, 2.75) is 85.0 Å². The fourth-order valence-corrected chi connectivity index (χ4v) is 5.86. The van der Waals surface area contributed by atoms with Gasteiger partial charge in [-0.1, -0.05) is 81.5 Å². The topological polar surface area (TPSA) is 127 Å². The summed E-state index contributed by atoms with van der Waals surface area (Å²) in [6.07, 6.45) is 4.21. The number of hydrogen-bond donors (Lipinski definition) is 2. The van der Waals surface area contributed by atoms with Crippen molar-refractivity contribution in [3.8, 4) is 0 Å². The van der Waals surface area contributed by atoms with Crippen LogP contribution >= 0.6 is 11.3 Å². The average Bonchev–Trinajstić information content (AvgIpc) is 3.43. The molecule has 0 radical (unpaired) electrons. The highest BCUT2D eigenvalue weighted by atomic mass is 32.1. The van der Waals surface area contributed by atoms with Crippen LogP contribution < -0.4 is 10.6 Å². The maximum atomic E-state index is 14.6. The van der Waals surface area contributed by atoms with Gasteiger partial charge in [0.2, 0.25) is 16.9 Å². The number of ketones is 1. The largest absolute Gasteiger partial charge is 0.309 e. The molecule has 0 bridgehead atoms. The number of nitrogens with one attached hydrogen (secondary N) is 2. The number of amides is 2. The number of hydrogen-bond acceptors (Lipinski definition) is 8. The Morgan fingerprint density at radius 2 is 1.54 bits per heavy atom. The monoisotopic (exact) mass is 644 g/mol. The molecule has 242 valence electrons. The molecule has 0 saturated heterocycles. The van der Waals surface area contributed by atoms with E-state index in [2.05, 4.69) is 31.0 Å². The Kier molecular flexibility index (Phi) is 12.2. The van der Waals surface area contributed by atoms with Gasteiger partial charge in [0.05, 0.1) is 18.5 Å². The van der Waals surface area contributed by atoms with Crippen LogP contribution in [0.4, 0.5) is 15.3 Å². The molecular formula is C35H41FN6O3S. The van der Waals surface area contributed by atoms with Crippen molar-refractivity contribution in [3.63, 3.8) is 0 Å². The van der Waals surface area contributed by atoms with Crippen molar-refractivity contribution in [3.05, 3.63) is 93.9 Å². The maximum Gasteiger partial charge on any atom is 0.230 e. The van der Waals surface area contributed by atoms with E-state index in [-0.39, 0.29) is 54.0 Å². The molecule has 1 atom stereocenters. The lowest BCUT2D eigenvalue weighted by molar-refractivity contribution is -0.121. The Morgan fingerprint density at radius 1 is 0.826 bits per heavy atom. The molecule has 2 aromatic heterocycles. The molecule has 2 heterocycles. The number of rotatable bonds is 15. The number of aryl methyl sites for hydroxylation is 2. The Labute approximate surface area is 273 Å². The van der Waals surface area contributed by atoms with Gasteiger partial charge in [-0.2, -0.15) is 5.10 Å². The molecule has 1 unspecified atom stereocenters. The molecule has 2 amide bonds. The van der Waals surface area contributed by atoms with E-state index in [0.29, 0.717) is 28.5 Å². The number of nitrogens with zero attached hydrogens (tertiary/aromatic N) is 4. The molecule has 9 nitrogen and oxygen atoms in total. The highest BCUT2D eigenvalue weighted by Gasteiger charge is 2.21. The van der Waals surface area contributed by atoms with Crippen LogP contribution in [-0.4, -0.2) is 38.0 Å². The third-order valence-electron chi connectivity index (χ3n) is 7.20. The molecule has 46 heavy (non-hydrogen) atoms. The predicted molar refractivity (Wildman–Crippen MR) is 178 cm³/mol. The van der Waals surface area contributed by atoms with Gasteiger partial charge in [-0.25, -0.2) is 4.39 Å². The molecule has 4 rings (SSSR count). The minimum atomic E-state index is -0.377. The first-order valence-corrected chi connectivity index (χ1v) is 16.3. The molecule has 4 aromatic rings. The lowest BCUT2D eigenvalue weighted by Gasteiger charge is -2.19. The summed E-state index contributed by atoms with van der Waals surface area (Å²) in [5.41, 5.74) is 2.73. The van der Waals surface area contributed by atoms with Crippen molar-refractivity contribution in [1.82, 2.24) is 20.4 Å². The van der Waals surface area contributed by atoms with E-state index in [4.69, 9.17) is 0 Å². The molecule has 2 aromatic carbocycles. The zero-order chi connectivity index (χ0) is 33.1. The van der Waals surface area contributed by atoms with Gasteiger partial charge in [0.25, 0.3) is 0 Å². The Bertz CT molecular complexity index is 1620. The first kappa shape index (κ1) is 34.5. The van der Waals surface area contributed by atoms with Crippen LogP contribution in [0.3, 0.4) is 0 Å². The van der Waals surface area contributed by atoms with E-state index in [1.54, 1.807) is 18.2 Å². The fraction of sp³-hybridized carbons (Fsp3) is 0.400. The first-order valence-electron chi connectivity index (χ1n) is 15.5. The summed E-state index contributed by atoms with van der Waals surface area (Å²) in [7, 11) is 0. The average molecular weight is 645 g/mol. The summed E-state index contributed by atoms with van der Waals surface area (Å²) >= 11 is 1.38. The van der Waals surface area contributed by atoms with Gasteiger partial charge in [-0.3, -0.25) is 14.4 Å². The molecular weight excluding hydrogens is 603 g/mol. The van der Waals surface area contributed by atoms with Crippen LogP contribution in [0.2, 0.25) is 0 Å². The van der Waals surface area contributed by atoms with E-state index in [1.165, 1.54) is 17.4 Å². The number of anilines is 2. The number of aromatic nitrogens is 4. The summed E-state index contributed by atoms with van der Waals surface area (Å²) < 4.78 is 14.6. The number of Topliss-reactive ketones (excluding diaryl/α,β-unsaturated/α-hetero) is 1. The second-order valence-electron chi connectivity index (χ2n) is 12.8. The predicted octanol–water partition coefficient (Wildman–Crippen LogP) is 6.89. The lowest BCUT2D eigenvalue weighted by atomic mass is 9.85. The summed E-state index contributed by atoms with van der Waals surface area (Å²) in [6, 6.07) is 17.7. The number of benzene rings is 2. The Morgan fingerprint density at radius 3 is 2.26 bits per heavy atom. The van der Waals surface area contributed by atoms with Gasteiger partial charge in [-0.15, -0.1) is 15.3 Å². The van der Waals surface area contributed by atoms with E-state index in [1.807, 2.05) is 64.1 Å². The van der Waals surface area contributed by atoms with Gasteiger partial charge >= 0.3 is 0 Å². The van der Waals surface area contributed by atoms with E-state index >= 15 is 0 Å². The van der Waals surface area contributed by atoms with Crippen LogP contribution in [0.1, 0.15) is 86.7 Å². The fourth-order valence-electron chi connectivity index (χ4n) is 5.06. The highest BCUT2D eigenvalue weighted by Crippen LogP contribution is 2.27. The molecule has 0 aliphatic rings. The van der Waals surface area contributed by atoms with Gasteiger partial charge in [0.1, 0.15) is 16.6 Å². The summed E-state index contributed by atoms with van der Waals surface area (Å²) in [6.45, 7) is 7.85. The molecule has 0 aliphatic heterocycles. The van der Waals surface area contributed by atoms with E-state index in [0.717, 1.165) is 41.9 Å². The van der Waals surface area contributed by atoms with Crippen LogP contribution in [0.5, 0.6) is 0 Å². The molecule has 0 aliphatic carbocycles. The van der Waals surface area contributed by atoms with Crippen molar-refractivity contribution >= 4 is 39.9 Å². The third kappa shape index (κ3) is 11.5. The molecule has 0 spiro atoms.